The summed E-state index contributed by atoms with van der Waals surface area (Å²) in [4.78, 5) is 22.5. The molecule has 7 heteroatoms. The molecular formula is C11H12BrNO5. The highest BCUT2D eigenvalue weighted by Gasteiger charge is 2.20. The summed E-state index contributed by atoms with van der Waals surface area (Å²) < 4.78 is 0.434. The van der Waals surface area contributed by atoms with E-state index < -0.39 is 17.9 Å². The molecule has 4 N–H and O–H groups in total. The Labute approximate surface area is 111 Å². The van der Waals surface area contributed by atoms with Gasteiger partial charge in [0.2, 0.25) is 0 Å². The van der Waals surface area contributed by atoms with Crippen molar-refractivity contribution in [2.75, 3.05) is 6.61 Å². The minimum absolute atomic E-state index is 0.0798. The molecule has 0 aromatic heterocycles. The number of halogens is 1. The molecule has 0 fully saturated rings. The molecular weight excluding hydrogens is 306 g/mol. The molecule has 0 unspecified atom stereocenters. The summed E-state index contributed by atoms with van der Waals surface area (Å²) in [5, 5.41) is 29.2. The van der Waals surface area contributed by atoms with Crippen molar-refractivity contribution in [1.29, 1.82) is 0 Å². The van der Waals surface area contributed by atoms with Gasteiger partial charge in [-0.05, 0) is 34.1 Å². The predicted molar refractivity (Wildman–Crippen MR) is 66.4 cm³/mol. The number of aromatic hydroxyl groups is 1. The summed E-state index contributed by atoms with van der Waals surface area (Å²) in [5.41, 5.74) is 0.139. The second kappa shape index (κ2) is 6.36. The van der Waals surface area contributed by atoms with Crippen LogP contribution in [0.5, 0.6) is 5.75 Å². The van der Waals surface area contributed by atoms with Crippen LogP contribution < -0.4 is 5.32 Å². The Kier molecular flexibility index (Phi) is 5.11. The number of carboxylic acid groups (broad SMARTS) is 1. The second-order valence-electron chi connectivity index (χ2n) is 3.54. The van der Waals surface area contributed by atoms with Crippen LogP contribution in [-0.4, -0.2) is 39.8 Å². The first kappa shape index (κ1) is 14.5. The highest BCUT2D eigenvalue weighted by atomic mass is 79.9. The van der Waals surface area contributed by atoms with E-state index in [0.29, 0.717) is 4.47 Å². The van der Waals surface area contributed by atoms with E-state index >= 15 is 0 Å². The van der Waals surface area contributed by atoms with Crippen molar-refractivity contribution in [3.05, 3.63) is 28.2 Å². The molecule has 0 radical (unpaired) electrons. The standard InChI is InChI=1S/C11H12BrNO5/c12-7-2-1-6(5-9(7)15)10(16)13-8(3-4-14)11(17)18/h1-2,5,8,14-15H,3-4H2,(H,13,16)(H,17,18)/t8-/m1/s1. The molecule has 0 saturated heterocycles. The maximum atomic E-state index is 11.7. The smallest absolute Gasteiger partial charge is 0.326 e. The first-order valence-electron chi connectivity index (χ1n) is 5.08. The maximum Gasteiger partial charge on any atom is 0.326 e. The summed E-state index contributed by atoms with van der Waals surface area (Å²) in [6.45, 7) is -0.344. The molecule has 0 spiro atoms. The van der Waals surface area contributed by atoms with E-state index in [4.69, 9.17) is 10.2 Å². The predicted octanol–water partition coefficient (Wildman–Crippen LogP) is 0.720. The quantitative estimate of drug-likeness (QED) is 0.640. The van der Waals surface area contributed by atoms with Gasteiger partial charge >= 0.3 is 5.97 Å². The lowest BCUT2D eigenvalue weighted by molar-refractivity contribution is -0.139. The van der Waals surface area contributed by atoms with Crippen LogP contribution in [0.4, 0.5) is 0 Å². The van der Waals surface area contributed by atoms with E-state index in [1.165, 1.54) is 18.2 Å². The van der Waals surface area contributed by atoms with Crippen LogP contribution in [0.25, 0.3) is 0 Å². The summed E-state index contributed by atoms with van der Waals surface area (Å²) in [7, 11) is 0. The first-order chi connectivity index (χ1) is 8.45. The number of rotatable bonds is 5. The average molecular weight is 318 g/mol. The first-order valence-corrected chi connectivity index (χ1v) is 5.88. The fourth-order valence-corrected chi connectivity index (χ4v) is 1.53. The Morgan fingerprint density at radius 3 is 2.56 bits per heavy atom. The Morgan fingerprint density at radius 2 is 2.06 bits per heavy atom. The average Bonchev–Trinajstić information content (AvgIpc) is 2.31. The van der Waals surface area contributed by atoms with E-state index in [-0.39, 0.29) is 24.3 Å². The summed E-state index contributed by atoms with van der Waals surface area (Å²) in [6.07, 6.45) is -0.0798. The van der Waals surface area contributed by atoms with Crippen LogP contribution >= 0.6 is 15.9 Å². The van der Waals surface area contributed by atoms with Gasteiger partial charge in [-0.25, -0.2) is 4.79 Å². The van der Waals surface area contributed by atoms with Gasteiger partial charge in [0.05, 0.1) is 4.47 Å². The number of amides is 1. The number of nitrogens with one attached hydrogen (secondary N) is 1. The highest BCUT2D eigenvalue weighted by molar-refractivity contribution is 9.10. The Morgan fingerprint density at radius 1 is 1.39 bits per heavy atom. The Hall–Kier alpha value is -1.60. The van der Waals surface area contributed by atoms with Crippen LogP contribution in [0.3, 0.4) is 0 Å². The molecule has 0 bridgehead atoms. The normalized spacial score (nSPS) is 11.9. The van der Waals surface area contributed by atoms with Crippen molar-refractivity contribution in [2.45, 2.75) is 12.5 Å². The number of hydrogen-bond acceptors (Lipinski definition) is 4. The lowest BCUT2D eigenvalue weighted by atomic mass is 10.1. The number of phenols is 1. The van der Waals surface area contributed by atoms with E-state index in [9.17, 15) is 14.7 Å². The third-order valence-corrected chi connectivity index (χ3v) is 2.90. The molecule has 1 rings (SSSR count). The third-order valence-electron chi connectivity index (χ3n) is 2.23. The molecule has 1 atom stereocenters. The van der Waals surface area contributed by atoms with Gasteiger partial charge in [-0.15, -0.1) is 0 Å². The summed E-state index contributed by atoms with van der Waals surface area (Å²) in [5.74, 6) is -1.96. The van der Waals surface area contributed by atoms with Crippen LogP contribution in [0.15, 0.2) is 22.7 Å². The molecule has 0 aliphatic carbocycles. The van der Waals surface area contributed by atoms with Crippen molar-refractivity contribution in [3.63, 3.8) is 0 Å². The van der Waals surface area contributed by atoms with Gasteiger partial charge in [0.25, 0.3) is 5.91 Å². The van der Waals surface area contributed by atoms with Crippen LogP contribution in [0, 0.1) is 0 Å². The number of aliphatic hydroxyl groups excluding tert-OH is 1. The molecule has 1 amide bonds. The molecule has 0 heterocycles. The minimum atomic E-state index is -1.22. The van der Waals surface area contributed by atoms with Crippen molar-refractivity contribution in [1.82, 2.24) is 5.32 Å². The molecule has 0 aliphatic heterocycles. The number of benzene rings is 1. The van der Waals surface area contributed by atoms with Crippen LogP contribution in [0.2, 0.25) is 0 Å². The lowest BCUT2D eigenvalue weighted by Crippen LogP contribution is -2.41. The van der Waals surface area contributed by atoms with Gasteiger partial charge in [0.15, 0.2) is 0 Å². The molecule has 6 nitrogen and oxygen atoms in total. The molecule has 0 aliphatic rings. The van der Waals surface area contributed by atoms with E-state index in [1.54, 1.807) is 0 Å². The SMILES string of the molecule is O=C(N[C@H](CCO)C(=O)O)c1ccc(Br)c(O)c1. The number of aliphatic hydroxyl groups is 1. The fourth-order valence-electron chi connectivity index (χ4n) is 1.28. The van der Waals surface area contributed by atoms with E-state index in [1.807, 2.05) is 0 Å². The van der Waals surface area contributed by atoms with Gasteiger partial charge in [0.1, 0.15) is 11.8 Å². The van der Waals surface area contributed by atoms with Crippen molar-refractivity contribution < 1.29 is 24.9 Å². The van der Waals surface area contributed by atoms with Crippen LogP contribution in [0.1, 0.15) is 16.8 Å². The van der Waals surface area contributed by atoms with Crippen LogP contribution in [-0.2, 0) is 4.79 Å². The van der Waals surface area contributed by atoms with Gasteiger partial charge in [-0.3, -0.25) is 4.79 Å². The summed E-state index contributed by atoms with van der Waals surface area (Å²) in [6, 6.07) is 2.98. The largest absolute Gasteiger partial charge is 0.507 e. The number of aliphatic carboxylic acids is 1. The minimum Gasteiger partial charge on any atom is -0.507 e. The number of phenolic OH excluding ortho intramolecular Hbond substituents is 1. The molecule has 0 saturated carbocycles. The van der Waals surface area contributed by atoms with Gasteiger partial charge in [-0.2, -0.15) is 0 Å². The number of carbonyl (C=O) groups is 2. The van der Waals surface area contributed by atoms with Crippen molar-refractivity contribution in [3.8, 4) is 5.75 Å². The Bertz CT molecular complexity index is 463. The molecule has 18 heavy (non-hydrogen) atoms. The monoisotopic (exact) mass is 317 g/mol. The van der Waals surface area contributed by atoms with Crippen molar-refractivity contribution in [2.24, 2.45) is 0 Å². The molecule has 1 aromatic rings. The van der Waals surface area contributed by atoms with Gasteiger partial charge < -0.3 is 20.6 Å². The molecule has 98 valence electrons. The zero-order chi connectivity index (χ0) is 13.7. The third kappa shape index (κ3) is 3.71. The van der Waals surface area contributed by atoms with Gasteiger partial charge in [-0.1, -0.05) is 0 Å². The summed E-state index contributed by atoms with van der Waals surface area (Å²) >= 11 is 3.07. The molecule has 1 aromatic carbocycles. The number of carbonyl (C=O) groups excluding carboxylic acids is 1. The lowest BCUT2D eigenvalue weighted by Gasteiger charge is -2.13. The highest BCUT2D eigenvalue weighted by Crippen LogP contribution is 2.24. The van der Waals surface area contributed by atoms with E-state index in [0.717, 1.165) is 0 Å². The maximum absolute atomic E-state index is 11.7. The fraction of sp³-hybridized carbons (Fsp3) is 0.273. The second-order valence-corrected chi connectivity index (χ2v) is 4.40. The topological polar surface area (TPSA) is 107 Å². The number of carboxylic acids is 1. The Balaban J connectivity index is 2.80. The van der Waals surface area contributed by atoms with Gasteiger partial charge in [0, 0.05) is 18.6 Å². The van der Waals surface area contributed by atoms with E-state index in [2.05, 4.69) is 21.2 Å². The van der Waals surface area contributed by atoms with Crippen molar-refractivity contribution >= 4 is 27.8 Å². The zero-order valence-electron chi connectivity index (χ0n) is 9.26. The number of hydrogen-bond donors (Lipinski definition) is 4. The zero-order valence-corrected chi connectivity index (χ0v) is 10.8.